The van der Waals surface area contributed by atoms with Crippen LogP contribution < -0.4 is 10.6 Å². The second-order valence-electron chi connectivity index (χ2n) is 4.93. The highest BCUT2D eigenvalue weighted by atomic mass is 79.9. The summed E-state index contributed by atoms with van der Waals surface area (Å²) >= 11 is 9.15. The molecule has 0 aliphatic carbocycles. The second kappa shape index (κ2) is 8.70. The molecule has 120 valence electrons. The van der Waals surface area contributed by atoms with Gasteiger partial charge in [0.2, 0.25) is 11.8 Å². The molecule has 0 aliphatic rings. The molecule has 23 heavy (non-hydrogen) atoms. The highest BCUT2D eigenvalue weighted by molar-refractivity contribution is 9.10. The Morgan fingerprint density at radius 1 is 1.00 bits per heavy atom. The van der Waals surface area contributed by atoms with Crippen molar-refractivity contribution in [2.75, 3.05) is 11.9 Å². The van der Waals surface area contributed by atoms with Crippen LogP contribution in [0.2, 0.25) is 5.02 Å². The lowest BCUT2D eigenvalue weighted by Crippen LogP contribution is -2.29. The molecular formula is C17H16BrClN2O2. The van der Waals surface area contributed by atoms with Gasteiger partial charge in [-0.25, -0.2) is 0 Å². The first kappa shape index (κ1) is 17.5. The normalized spacial score (nSPS) is 10.2. The van der Waals surface area contributed by atoms with E-state index in [1.165, 1.54) is 0 Å². The van der Waals surface area contributed by atoms with Crippen LogP contribution in [0.3, 0.4) is 0 Å². The van der Waals surface area contributed by atoms with E-state index in [0.29, 0.717) is 23.7 Å². The maximum absolute atomic E-state index is 11.8. The van der Waals surface area contributed by atoms with Gasteiger partial charge in [-0.05, 0) is 52.2 Å². The van der Waals surface area contributed by atoms with Gasteiger partial charge in [-0.3, -0.25) is 9.59 Å². The Hall–Kier alpha value is -1.85. The molecule has 6 heteroatoms. The van der Waals surface area contributed by atoms with Crippen LogP contribution in [-0.4, -0.2) is 18.4 Å². The molecule has 2 N–H and O–H groups in total. The SMILES string of the molecule is O=C(CC(=O)Nc1ccccc1Br)NCCc1ccc(Cl)cc1. The molecule has 0 heterocycles. The van der Waals surface area contributed by atoms with Crippen LogP contribution >= 0.6 is 27.5 Å². The van der Waals surface area contributed by atoms with Crippen molar-refractivity contribution in [3.8, 4) is 0 Å². The molecule has 0 atom stereocenters. The molecule has 0 fully saturated rings. The number of nitrogens with one attached hydrogen (secondary N) is 2. The number of hydrogen-bond donors (Lipinski definition) is 2. The molecule has 0 saturated heterocycles. The van der Waals surface area contributed by atoms with Crippen molar-refractivity contribution in [3.05, 3.63) is 63.6 Å². The number of halogens is 2. The topological polar surface area (TPSA) is 58.2 Å². The summed E-state index contributed by atoms with van der Waals surface area (Å²) in [5, 5.41) is 6.11. The van der Waals surface area contributed by atoms with Gasteiger partial charge in [0.1, 0.15) is 6.42 Å². The summed E-state index contributed by atoms with van der Waals surface area (Å²) in [6, 6.07) is 14.7. The van der Waals surface area contributed by atoms with Gasteiger partial charge in [0, 0.05) is 16.0 Å². The number of rotatable bonds is 6. The van der Waals surface area contributed by atoms with Gasteiger partial charge in [0.05, 0.1) is 5.69 Å². The number of anilines is 1. The van der Waals surface area contributed by atoms with Gasteiger partial charge in [0.25, 0.3) is 0 Å². The first-order valence-electron chi connectivity index (χ1n) is 7.10. The maximum Gasteiger partial charge on any atom is 0.233 e. The molecule has 4 nitrogen and oxygen atoms in total. The van der Waals surface area contributed by atoms with E-state index < -0.39 is 0 Å². The molecule has 0 aliphatic heterocycles. The van der Waals surface area contributed by atoms with E-state index in [9.17, 15) is 9.59 Å². The Morgan fingerprint density at radius 2 is 1.70 bits per heavy atom. The average Bonchev–Trinajstić information content (AvgIpc) is 2.51. The van der Waals surface area contributed by atoms with Gasteiger partial charge in [-0.1, -0.05) is 35.9 Å². The number of carbonyl (C=O) groups is 2. The zero-order valence-corrected chi connectivity index (χ0v) is 14.7. The van der Waals surface area contributed by atoms with Crippen molar-refractivity contribution >= 4 is 45.0 Å². The number of hydrogen-bond acceptors (Lipinski definition) is 2. The largest absolute Gasteiger partial charge is 0.355 e. The maximum atomic E-state index is 11.8. The van der Waals surface area contributed by atoms with Crippen molar-refractivity contribution in [1.82, 2.24) is 5.32 Å². The van der Waals surface area contributed by atoms with Crippen LogP contribution in [0.4, 0.5) is 5.69 Å². The highest BCUT2D eigenvalue weighted by Gasteiger charge is 2.10. The van der Waals surface area contributed by atoms with Crippen LogP contribution in [0.15, 0.2) is 53.0 Å². The van der Waals surface area contributed by atoms with E-state index in [0.717, 1.165) is 10.0 Å². The minimum Gasteiger partial charge on any atom is -0.355 e. The Morgan fingerprint density at radius 3 is 2.39 bits per heavy atom. The molecule has 0 bridgehead atoms. The van der Waals surface area contributed by atoms with Gasteiger partial charge < -0.3 is 10.6 Å². The zero-order chi connectivity index (χ0) is 16.7. The lowest BCUT2D eigenvalue weighted by molar-refractivity contribution is -0.126. The number of benzene rings is 2. The summed E-state index contributed by atoms with van der Waals surface area (Å²) in [6.07, 6.45) is 0.483. The van der Waals surface area contributed by atoms with Gasteiger partial charge in [-0.15, -0.1) is 0 Å². The molecule has 0 saturated carbocycles. The summed E-state index contributed by atoms with van der Waals surface area (Å²) in [5.41, 5.74) is 1.72. The summed E-state index contributed by atoms with van der Waals surface area (Å²) in [7, 11) is 0. The van der Waals surface area contributed by atoms with Crippen LogP contribution in [0.5, 0.6) is 0 Å². The van der Waals surface area contributed by atoms with Crippen LogP contribution in [0, 0.1) is 0 Å². The summed E-state index contributed by atoms with van der Waals surface area (Å²) in [4.78, 5) is 23.6. The van der Waals surface area contributed by atoms with Crippen molar-refractivity contribution in [2.45, 2.75) is 12.8 Å². The summed E-state index contributed by atoms with van der Waals surface area (Å²) in [5.74, 6) is -0.649. The molecule has 2 amide bonds. The average molecular weight is 396 g/mol. The molecule has 0 unspecified atom stereocenters. The zero-order valence-electron chi connectivity index (χ0n) is 12.3. The lowest BCUT2D eigenvalue weighted by Gasteiger charge is -2.08. The van der Waals surface area contributed by atoms with E-state index in [-0.39, 0.29) is 18.2 Å². The smallest absolute Gasteiger partial charge is 0.233 e. The minimum absolute atomic E-state index is 0.206. The van der Waals surface area contributed by atoms with Crippen molar-refractivity contribution in [3.63, 3.8) is 0 Å². The van der Waals surface area contributed by atoms with Crippen molar-refractivity contribution < 1.29 is 9.59 Å². The molecule has 0 radical (unpaired) electrons. The van der Waals surface area contributed by atoms with Gasteiger partial charge >= 0.3 is 0 Å². The van der Waals surface area contributed by atoms with E-state index in [2.05, 4.69) is 26.6 Å². The molecule has 2 aromatic rings. The van der Waals surface area contributed by atoms with E-state index in [1.807, 2.05) is 42.5 Å². The Kier molecular flexibility index (Phi) is 6.62. The van der Waals surface area contributed by atoms with E-state index in [4.69, 9.17) is 11.6 Å². The van der Waals surface area contributed by atoms with E-state index in [1.54, 1.807) is 6.07 Å². The second-order valence-corrected chi connectivity index (χ2v) is 6.22. The summed E-state index contributed by atoms with van der Waals surface area (Å²) in [6.45, 7) is 0.475. The van der Waals surface area contributed by atoms with Gasteiger partial charge in [0.15, 0.2) is 0 Å². The van der Waals surface area contributed by atoms with E-state index >= 15 is 0 Å². The Bertz CT molecular complexity index is 689. The first-order valence-corrected chi connectivity index (χ1v) is 8.27. The molecular weight excluding hydrogens is 380 g/mol. The van der Waals surface area contributed by atoms with Crippen LogP contribution in [-0.2, 0) is 16.0 Å². The number of carbonyl (C=O) groups excluding carboxylic acids is 2. The first-order chi connectivity index (χ1) is 11.0. The third-order valence-electron chi connectivity index (χ3n) is 3.12. The molecule has 2 rings (SSSR count). The van der Waals surface area contributed by atoms with Crippen molar-refractivity contribution in [1.29, 1.82) is 0 Å². The number of para-hydroxylation sites is 1. The standard InChI is InChI=1S/C17H16BrClN2O2/c18-14-3-1-2-4-15(14)21-17(23)11-16(22)20-10-9-12-5-7-13(19)8-6-12/h1-8H,9-11H2,(H,20,22)(H,21,23). The predicted octanol–water partition coefficient (Wildman–Crippen LogP) is 3.79. The monoisotopic (exact) mass is 394 g/mol. The molecule has 2 aromatic carbocycles. The fraction of sp³-hybridized carbons (Fsp3) is 0.176. The lowest BCUT2D eigenvalue weighted by atomic mass is 10.1. The Labute approximate surface area is 148 Å². The highest BCUT2D eigenvalue weighted by Crippen LogP contribution is 2.21. The Balaban J connectivity index is 1.73. The fourth-order valence-electron chi connectivity index (χ4n) is 1.96. The third kappa shape index (κ3) is 6.04. The summed E-state index contributed by atoms with van der Waals surface area (Å²) < 4.78 is 0.775. The van der Waals surface area contributed by atoms with Gasteiger partial charge in [-0.2, -0.15) is 0 Å². The van der Waals surface area contributed by atoms with Crippen molar-refractivity contribution in [2.24, 2.45) is 0 Å². The fourth-order valence-corrected chi connectivity index (χ4v) is 2.47. The minimum atomic E-state index is -0.346. The predicted molar refractivity (Wildman–Crippen MR) is 95.6 cm³/mol. The number of amides is 2. The third-order valence-corrected chi connectivity index (χ3v) is 4.06. The van der Waals surface area contributed by atoms with Crippen LogP contribution in [0.1, 0.15) is 12.0 Å². The molecule has 0 aromatic heterocycles. The molecule has 0 spiro atoms. The quantitative estimate of drug-likeness (QED) is 0.731. The van der Waals surface area contributed by atoms with Crippen LogP contribution in [0.25, 0.3) is 0 Å².